The molecule has 0 radical (unpaired) electrons. The molecule has 1 amide bonds. The van der Waals surface area contributed by atoms with E-state index in [9.17, 15) is 9.18 Å². The molecule has 1 aromatic heterocycles. The van der Waals surface area contributed by atoms with Gasteiger partial charge in [-0.15, -0.1) is 0 Å². The van der Waals surface area contributed by atoms with Crippen LogP contribution in [0.2, 0.25) is 0 Å². The van der Waals surface area contributed by atoms with Crippen LogP contribution in [-0.4, -0.2) is 30.1 Å². The van der Waals surface area contributed by atoms with E-state index in [2.05, 4.69) is 20.6 Å². The molecule has 0 unspecified atom stereocenters. The van der Waals surface area contributed by atoms with E-state index in [1.165, 1.54) is 12.1 Å². The first-order chi connectivity index (χ1) is 14.0. The van der Waals surface area contributed by atoms with Crippen molar-refractivity contribution < 1.29 is 18.7 Å². The van der Waals surface area contributed by atoms with Crippen molar-refractivity contribution in [2.24, 2.45) is 0 Å². The number of hydrogen-bond acceptors (Lipinski definition) is 6. The van der Waals surface area contributed by atoms with E-state index in [1.807, 2.05) is 0 Å². The van der Waals surface area contributed by atoms with Crippen LogP contribution in [0.15, 0.2) is 48.5 Å². The number of rotatable bonds is 7. The Balaban J connectivity index is 1.75. The summed E-state index contributed by atoms with van der Waals surface area (Å²) in [6.07, 6.45) is 0. The van der Waals surface area contributed by atoms with Gasteiger partial charge in [0.15, 0.2) is 0 Å². The summed E-state index contributed by atoms with van der Waals surface area (Å²) in [4.78, 5) is 21.0. The number of carbonyl (C=O) groups is 1. The van der Waals surface area contributed by atoms with Crippen LogP contribution in [0.3, 0.4) is 0 Å². The van der Waals surface area contributed by atoms with Gasteiger partial charge in [-0.2, -0.15) is 0 Å². The molecule has 7 nitrogen and oxygen atoms in total. The molecule has 0 aliphatic rings. The highest BCUT2D eigenvalue weighted by Gasteiger charge is 2.12. The summed E-state index contributed by atoms with van der Waals surface area (Å²) in [5.41, 5.74) is 1.67. The molecule has 0 spiro atoms. The van der Waals surface area contributed by atoms with Crippen molar-refractivity contribution in [1.29, 1.82) is 0 Å². The first-order valence-electron chi connectivity index (χ1n) is 8.86. The van der Waals surface area contributed by atoms with E-state index in [4.69, 9.17) is 9.47 Å². The third-order valence-corrected chi connectivity index (χ3v) is 4.11. The van der Waals surface area contributed by atoms with Crippen LogP contribution < -0.4 is 20.1 Å². The molecule has 150 valence electrons. The third-order valence-electron chi connectivity index (χ3n) is 4.11. The Morgan fingerprint density at radius 2 is 1.79 bits per heavy atom. The number of anilines is 2. The Kier molecular flexibility index (Phi) is 6.23. The second kappa shape index (κ2) is 9.01. The lowest BCUT2D eigenvalue weighted by Gasteiger charge is -2.13. The van der Waals surface area contributed by atoms with Gasteiger partial charge in [0.2, 0.25) is 0 Å². The molecule has 0 saturated heterocycles. The number of methoxy groups -OCH3 is 2. The molecular formula is C21H21FN4O3. The lowest BCUT2D eigenvalue weighted by molar-refractivity contribution is 0.0945. The number of aromatic nitrogens is 2. The predicted molar refractivity (Wildman–Crippen MR) is 107 cm³/mol. The summed E-state index contributed by atoms with van der Waals surface area (Å²) < 4.78 is 23.6. The minimum atomic E-state index is -0.357. The minimum absolute atomic E-state index is 0.217. The zero-order chi connectivity index (χ0) is 20.8. The van der Waals surface area contributed by atoms with Gasteiger partial charge in [0.25, 0.3) is 5.91 Å². The van der Waals surface area contributed by atoms with E-state index >= 15 is 0 Å². The number of ether oxygens (including phenoxy) is 2. The third kappa shape index (κ3) is 5.19. The lowest BCUT2D eigenvalue weighted by atomic mass is 10.2. The molecular weight excluding hydrogens is 375 g/mol. The zero-order valence-electron chi connectivity index (χ0n) is 16.3. The summed E-state index contributed by atoms with van der Waals surface area (Å²) in [5.74, 6) is 1.44. The first-order valence-corrected chi connectivity index (χ1v) is 8.86. The summed E-state index contributed by atoms with van der Waals surface area (Å²) >= 11 is 0. The van der Waals surface area contributed by atoms with E-state index in [0.29, 0.717) is 28.8 Å². The molecule has 0 aliphatic carbocycles. The maximum absolute atomic E-state index is 13.0. The van der Waals surface area contributed by atoms with Crippen molar-refractivity contribution in [2.45, 2.75) is 13.5 Å². The summed E-state index contributed by atoms with van der Waals surface area (Å²) in [7, 11) is 3.13. The highest BCUT2D eigenvalue weighted by molar-refractivity contribution is 5.93. The molecule has 0 aliphatic heterocycles. The topological polar surface area (TPSA) is 85.4 Å². The highest BCUT2D eigenvalue weighted by Crippen LogP contribution is 2.31. The number of nitrogens with one attached hydrogen (secondary N) is 2. The van der Waals surface area contributed by atoms with Crippen molar-refractivity contribution in [3.05, 3.63) is 71.4 Å². The smallest absolute Gasteiger partial charge is 0.270 e. The molecule has 3 rings (SSSR count). The van der Waals surface area contributed by atoms with Crippen LogP contribution in [0.25, 0.3) is 0 Å². The standard InChI is InChI=1S/C21H21FN4O3/c1-13-24-18(21(27)23-12-14-4-6-15(22)7-5-14)11-20(25-13)26-17-9-8-16(28-2)10-19(17)29-3/h4-11H,12H2,1-3H3,(H,23,27)(H,24,25,26). The Hall–Kier alpha value is -3.68. The molecule has 8 heteroatoms. The van der Waals surface area contributed by atoms with Gasteiger partial charge in [0.1, 0.15) is 34.7 Å². The van der Waals surface area contributed by atoms with Gasteiger partial charge < -0.3 is 20.1 Å². The fraction of sp³-hybridized carbons (Fsp3) is 0.190. The fourth-order valence-corrected chi connectivity index (χ4v) is 2.66. The van der Waals surface area contributed by atoms with Crippen LogP contribution in [0.1, 0.15) is 21.9 Å². The van der Waals surface area contributed by atoms with Gasteiger partial charge in [0, 0.05) is 18.7 Å². The SMILES string of the molecule is COc1ccc(Nc2cc(C(=O)NCc3ccc(F)cc3)nc(C)n2)c(OC)c1. The average molecular weight is 396 g/mol. The quantitative estimate of drug-likeness (QED) is 0.635. The normalized spacial score (nSPS) is 10.3. The van der Waals surface area contributed by atoms with Gasteiger partial charge in [-0.1, -0.05) is 12.1 Å². The van der Waals surface area contributed by atoms with Crippen LogP contribution in [-0.2, 0) is 6.54 Å². The number of nitrogens with zero attached hydrogens (tertiary/aromatic N) is 2. The van der Waals surface area contributed by atoms with Crippen molar-refractivity contribution in [1.82, 2.24) is 15.3 Å². The van der Waals surface area contributed by atoms with Gasteiger partial charge in [-0.05, 0) is 36.8 Å². The second-order valence-electron chi connectivity index (χ2n) is 6.19. The van der Waals surface area contributed by atoms with Gasteiger partial charge in [0.05, 0.1) is 19.9 Å². The molecule has 0 atom stereocenters. The van der Waals surface area contributed by atoms with Crippen molar-refractivity contribution in [2.75, 3.05) is 19.5 Å². The van der Waals surface area contributed by atoms with E-state index in [-0.39, 0.29) is 24.0 Å². The average Bonchev–Trinajstić information content (AvgIpc) is 2.73. The van der Waals surface area contributed by atoms with Crippen molar-refractivity contribution in [3.63, 3.8) is 0 Å². The lowest BCUT2D eigenvalue weighted by Crippen LogP contribution is -2.24. The molecule has 3 aromatic rings. The zero-order valence-corrected chi connectivity index (χ0v) is 16.3. The number of amides is 1. The van der Waals surface area contributed by atoms with E-state index in [0.717, 1.165) is 5.56 Å². The predicted octanol–water partition coefficient (Wildman–Crippen LogP) is 3.61. The Morgan fingerprint density at radius 3 is 2.48 bits per heavy atom. The van der Waals surface area contributed by atoms with Gasteiger partial charge in [-0.25, -0.2) is 14.4 Å². The highest BCUT2D eigenvalue weighted by atomic mass is 19.1. The van der Waals surface area contributed by atoms with Crippen LogP contribution in [0.4, 0.5) is 15.9 Å². The largest absolute Gasteiger partial charge is 0.497 e. The van der Waals surface area contributed by atoms with Crippen LogP contribution in [0.5, 0.6) is 11.5 Å². The van der Waals surface area contributed by atoms with Crippen molar-refractivity contribution >= 4 is 17.4 Å². The van der Waals surface area contributed by atoms with Crippen LogP contribution in [0, 0.1) is 12.7 Å². The van der Waals surface area contributed by atoms with E-state index in [1.54, 1.807) is 57.5 Å². The minimum Gasteiger partial charge on any atom is -0.497 e. The summed E-state index contributed by atoms with van der Waals surface area (Å²) in [5, 5.41) is 5.91. The second-order valence-corrected chi connectivity index (χ2v) is 6.19. The molecule has 2 N–H and O–H groups in total. The Bertz CT molecular complexity index is 1010. The number of carbonyl (C=O) groups excluding carboxylic acids is 1. The number of hydrogen-bond donors (Lipinski definition) is 2. The maximum Gasteiger partial charge on any atom is 0.270 e. The van der Waals surface area contributed by atoms with Gasteiger partial charge >= 0.3 is 0 Å². The summed E-state index contributed by atoms with van der Waals surface area (Å²) in [6, 6.07) is 12.8. The fourth-order valence-electron chi connectivity index (χ4n) is 2.66. The molecule has 1 heterocycles. The molecule has 29 heavy (non-hydrogen) atoms. The van der Waals surface area contributed by atoms with Gasteiger partial charge in [-0.3, -0.25) is 4.79 Å². The molecule has 0 saturated carbocycles. The van der Waals surface area contributed by atoms with Crippen LogP contribution >= 0.6 is 0 Å². The van der Waals surface area contributed by atoms with Crippen molar-refractivity contribution in [3.8, 4) is 11.5 Å². The number of aryl methyl sites for hydroxylation is 1. The molecule has 2 aromatic carbocycles. The van der Waals surface area contributed by atoms with E-state index < -0.39 is 0 Å². The Labute approximate surface area is 167 Å². The Morgan fingerprint density at radius 1 is 1.03 bits per heavy atom. The molecule has 0 fully saturated rings. The number of benzene rings is 2. The maximum atomic E-state index is 13.0. The molecule has 0 bridgehead atoms. The summed E-state index contributed by atoms with van der Waals surface area (Å²) in [6.45, 7) is 1.96. The number of halogens is 1. The monoisotopic (exact) mass is 396 g/mol. The first kappa shape index (κ1) is 20.1.